The summed E-state index contributed by atoms with van der Waals surface area (Å²) in [6, 6.07) is -1.06. The summed E-state index contributed by atoms with van der Waals surface area (Å²) in [5, 5.41) is 56.9. The van der Waals surface area contributed by atoms with Gasteiger partial charge in [0.15, 0.2) is 12.4 Å². The van der Waals surface area contributed by atoms with E-state index in [1.807, 2.05) is 24.3 Å². The number of nitrogens with one attached hydrogen (secondary N) is 1. The molecule has 1 amide bonds. The Bertz CT molecular complexity index is 1710. The second-order valence-corrected chi connectivity index (χ2v) is 20.4. The minimum Gasteiger partial charge on any atom is -0.454 e. The Balaban J connectivity index is 2.76. The fraction of sp³-hybridized carbons (Fsp3) is 0.667. The molecule has 0 bridgehead atoms. The third-order valence-corrected chi connectivity index (χ3v) is 13.4. The third-order valence-electron chi connectivity index (χ3n) is 13.4. The lowest BCUT2D eigenvalue weighted by molar-refractivity contribution is -0.305. The van der Waals surface area contributed by atoms with Crippen molar-refractivity contribution in [3.8, 4) is 0 Å². The molecule has 438 valence electrons. The maximum absolute atomic E-state index is 13.4. The van der Waals surface area contributed by atoms with Gasteiger partial charge in [-0.2, -0.15) is 0 Å². The number of hydrogen-bond acceptors (Lipinski definition) is 10. The normalized spacial score (nSPS) is 19.9. The summed E-state index contributed by atoms with van der Waals surface area (Å²) >= 11 is 0. The van der Waals surface area contributed by atoms with Crippen LogP contribution in [0.25, 0.3) is 0 Å². The molecule has 0 aromatic carbocycles. The lowest BCUT2D eigenvalue weighted by Crippen LogP contribution is -2.61. The first-order valence-corrected chi connectivity index (χ1v) is 30.3. The summed E-state index contributed by atoms with van der Waals surface area (Å²) in [5.74, 6) is -1.26. The maximum Gasteiger partial charge on any atom is 0.306 e. The lowest BCUT2D eigenvalue weighted by Gasteiger charge is -2.41. The van der Waals surface area contributed by atoms with Crippen molar-refractivity contribution >= 4 is 11.9 Å². The molecule has 0 aromatic heterocycles. The van der Waals surface area contributed by atoms with Gasteiger partial charge in [-0.05, 0) is 96.3 Å². The number of aliphatic hydroxyl groups is 5. The number of allylic oxidation sites excluding steroid dienone is 19. The molecule has 11 nitrogen and oxygen atoms in total. The van der Waals surface area contributed by atoms with Crippen LogP contribution in [0.1, 0.15) is 220 Å². The summed E-state index contributed by atoms with van der Waals surface area (Å²) in [5.41, 5.74) is 0. The SMILES string of the molecule is CC/C=C\C/C=C\C/C=C\C/C=C\C/C=C\C/C=C\CCCC(O)C(=O)NC(COC1OC(CO)C(O)C(O)C1OC(=O)CCCCCCCCC/C=C/C=C/C=C/CC)C(O)/C=C/CCCCCCCCCCCCC. The van der Waals surface area contributed by atoms with Crippen LogP contribution in [0.4, 0.5) is 0 Å². The molecule has 1 rings (SSSR count). The van der Waals surface area contributed by atoms with Crippen molar-refractivity contribution in [1.82, 2.24) is 5.32 Å². The molecule has 1 aliphatic heterocycles. The molecule has 1 heterocycles. The van der Waals surface area contributed by atoms with Gasteiger partial charge in [0.05, 0.1) is 25.4 Å². The largest absolute Gasteiger partial charge is 0.454 e. The number of amides is 1. The molecule has 1 saturated heterocycles. The zero-order chi connectivity index (χ0) is 56.1. The number of carbonyl (C=O) groups is 2. The first-order valence-electron chi connectivity index (χ1n) is 30.3. The lowest BCUT2D eigenvalue weighted by atomic mass is 9.99. The van der Waals surface area contributed by atoms with E-state index in [9.17, 15) is 35.1 Å². The number of esters is 1. The predicted octanol–water partition coefficient (Wildman–Crippen LogP) is 14.3. The fourth-order valence-electron chi connectivity index (χ4n) is 8.66. The van der Waals surface area contributed by atoms with Crippen LogP contribution in [0.3, 0.4) is 0 Å². The average molecular weight is 1080 g/mol. The molecule has 0 spiro atoms. The number of ether oxygens (including phenoxy) is 3. The summed E-state index contributed by atoms with van der Waals surface area (Å²) in [4.78, 5) is 26.5. The van der Waals surface area contributed by atoms with Gasteiger partial charge < -0.3 is 45.1 Å². The van der Waals surface area contributed by atoms with E-state index in [2.05, 4.69) is 117 Å². The number of aliphatic hydroxyl groups excluding tert-OH is 5. The van der Waals surface area contributed by atoms with E-state index in [-0.39, 0.29) is 19.4 Å². The Hall–Kier alpha value is -3.94. The molecular weight excluding hydrogens is 967 g/mol. The molecule has 11 heteroatoms. The minimum atomic E-state index is -1.63. The molecule has 6 N–H and O–H groups in total. The van der Waals surface area contributed by atoms with E-state index in [0.717, 1.165) is 116 Å². The van der Waals surface area contributed by atoms with Gasteiger partial charge in [-0.25, -0.2) is 0 Å². The Labute approximate surface area is 468 Å². The van der Waals surface area contributed by atoms with Gasteiger partial charge in [-0.3, -0.25) is 9.59 Å². The first-order chi connectivity index (χ1) is 37.7. The van der Waals surface area contributed by atoms with Crippen molar-refractivity contribution in [2.45, 2.75) is 269 Å². The molecular formula is C66H109NO10. The van der Waals surface area contributed by atoms with Gasteiger partial charge >= 0.3 is 5.97 Å². The van der Waals surface area contributed by atoms with Crippen LogP contribution in [0.5, 0.6) is 0 Å². The predicted molar refractivity (Wildman–Crippen MR) is 319 cm³/mol. The number of hydrogen-bond donors (Lipinski definition) is 6. The van der Waals surface area contributed by atoms with Crippen LogP contribution in [0, 0.1) is 0 Å². The molecule has 77 heavy (non-hydrogen) atoms. The van der Waals surface area contributed by atoms with Crippen LogP contribution in [-0.2, 0) is 23.8 Å². The van der Waals surface area contributed by atoms with Gasteiger partial charge in [0.25, 0.3) is 0 Å². The highest BCUT2D eigenvalue weighted by molar-refractivity contribution is 5.80. The number of rotatable bonds is 49. The summed E-state index contributed by atoms with van der Waals surface area (Å²) < 4.78 is 17.6. The number of unbranched alkanes of at least 4 members (excludes halogenated alkanes) is 19. The van der Waals surface area contributed by atoms with Gasteiger partial charge in [0, 0.05) is 6.42 Å². The zero-order valence-corrected chi connectivity index (χ0v) is 48.3. The molecule has 0 aliphatic carbocycles. The Kier molecular flexibility index (Phi) is 48.7. The van der Waals surface area contributed by atoms with Crippen molar-refractivity contribution in [2.75, 3.05) is 13.2 Å². The van der Waals surface area contributed by atoms with Crippen molar-refractivity contribution in [3.05, 3.63) is 122 Å². The highest BCUT2D eigenvalue weighted by atomic mass is 16.7. The highest BCUT2D eigenvalue weighted by Crippen LogP contribution is 2.26. The van der Waals surface area contributed by atoms with E-state index < -0.39 is 67.4 Å². The monoisotopic (exact) mass is 1080 g/mol. The van der Waals surface area contributed by atoms with Crippen LogP contribution < -0.4 is 5.32 Å². The van der Waals surface area contributed by atoms with Gasteiger partial charge in [-0.1, -0.05) is 239 Å². The van der Waals surface area contributed by atoms with Crippen LogP contribution in [-0.4, -0.2) is 99.6 Å². The smallest absolute Gasteiger partial charge is 0.306 e. The third kappa shape index (κ3) is 40.8. The topological polar surface area (TPSA) is 175 Å². The maximum atomic E-state index is 13.4. The molecule has 0 radical (unpaired) electrons. The molecule has 8 atom stereocenters. The Morgan fingerprint density at radius 2 is 1.00 bits per heavy atom. The second-order valence-electron chi connectivity index (χ2n) is 20.4. The van der Waals surface area contributed by atoms with E-state index >= 15 is 0 Å². The van der Waals surface area contributed by atoms with E-state index in [4.69, 9.17) is 14.2 Å². The average Bonchev–Trinajstić information content (AvgIpc) is 3.43. The van der Waals surface area contributed by atoms with Gasteiger partial charge in [0.1, 0.15) is 24.4 Å². The van der Waals surface area contributed by atoms with E-state index in [1.54, 1.807) is 6.08 Å². The summed E-state index contributed by atoms with van der Waals surface area (Å²) in [6.07, 6.45) is 62.3. The van der Waals surface area contributed by atoms with Gasteiger partial charge in [0.2, 0.25) is 5.91 Å². The molecule has 0 saturated carbocycles. The van der Waals surface area contributed by atoms with Gasteiger partial charge in [-0.15, -0.1) is 0 Å². The second kappa shape index (κ2) is 52.7. The number of carbonyl (C=O) groups excluding carboxylic acids is 2. The van der Waals surface area contributed by atoms with Crippen molar-refractivity contribution in [1.29, 1.82) is 0 Å². The fourth-order valence-corrected chi connectivity index (χ4v) is 8.66. The van der Waals surface area contributed by atoms with E-state index in [1.165, 1.54) is 51.4 Å². The van der Waals surface area contributed by atoms with Crippen molar-refractivity contribution in [2.24, 2.45) is 0 Å². The van der Waals surface area contributed by atoms with Crippen LogP contribution >= 0.6 is 0 Å². The molecule has 0 aromatic rings. The highest BCUT2D eigenvalue weighted by Gasteiger charge is 2.47. The standard InChI is InChI=1S/C66H109NO10/c1-4-7-10-13-16-19-22-25-27-28-29-30-31-33-35-38-41-44-47-50-53-59(70)65(74)67-57(58(69)52-49-46-43-40-37-34-24-21-18-15-12-9-6-3)56-75-66-64(63(73)62(72)60(55-68)76-66)77-61(71)54-51-48-45-42-39-36-32-26-23-20-17-14-11-8-5-2/h7-8,10-11,14,16-17,19-20,23,25,27,29-30,33,35,41,44,49,52,57-60,62-64,66,68-70,72-73H,4-6,9,12-13,15,18,21-22,24,26,28,31-32,34,36-40,42-43,45-48,50-51,53-56H2,1-3H3,(H,67,74)/b10-7-,11-8+,17-14+,19-16-,23-20+,27-25-,30-29-,35-33-,44-41-,52-49+. The van der Waals surface area contributed by atoms with Crippen LogP contribution in [0.2, 0.25) is 0 Å². The summed E-state index contributed by atoms with van der Waals surface area (Å²) in [7, 11) is 0. The minimum absolute atomic E-state index is 0.0977. The van der Waals surface area contributed by atoms with E-state index in [0.29, 0.717) is 19.3 Å². The molecule has 1 fully saturated rings. The van der Waals surface area contributed by atoms with Crippen LogP contribution in [0.15, 0.2) is 122 Å². The van der Waals surface area contributed by atoms with Crippen molar-refractivity contribution in [3.63, 3.8) is 0 Å². The van der Waals surface area contributed by atoms with Crippen molar-refractivity contribution < 1.29 is 49.3 Å². The Morgan fingerprint density at radius 3 is 1.53 bits per heavy atom. The molecule has 1 aliphatic rings. The Morgan fingerprint density at radius 1 is 0.532 bits per heavy atom. The first kappa shape index (κ1) is 71.1. The quantitative estimate of drug-likeness (QED) is 0.0149. The molecule has 8 unspecified atom stereocenters. The zero-order valence-electron chi connectivity index (χ0n) is 48.3. The summed E-state index contributed by atoms with van der Waals surface area (Å²) in [6.45, 7) is 5.49.